The lowest BCUT2D eigenvalue weighted by molar-refractivity contribution is -0.384. The van der Waals surface area contributed by atoms with Crippen LogP contribution >= 0.6 is 0 Å². The van der Waals surface area contributed by atoms with Gasteiger partial charge in [-0.2, -0.15) is 0 Å². The van der Waals surface area contributed by atoms with E-state index in [2.05, 4.69) is 10.6 Å². The maximum absolute atomic E-state index is 13.6. The normalized spacial score (nSPS) is 14.2. The number of carbonyl (C=O) groups is 5. The third-order valence-electron chi connectivity index (χ3n) is 7.66. The summed E-state index contributed by atoms with van der Waals surface area (Å²) >= 11 is 0. The van der Waals surface area contributed by atoms with Crippen molar-refractivity contribution in [1.29, 1.82) is 0 Å². The number of urea groups is 1. The number of ether oxygens (including phenoxy) is 2. The van der Waals surface area contributed by atoms with Gasteiger partial charge in [-0.25, -0.2) is 9.59 Å². The van der Waals surface area contributed by atoms with Crippen molar-refractivity contribution >= 4 is 41.0 Å². The van der Waals surface area contributed by atoms with Gasteiger partial charge in [-0.1, -0.05) is 31.9 Å². The minimum atomic E-state index is -1.03. The topological polar surface area (TPSA) is 197 Å². The van der Waals surface area contributed by atoms with E-state index >= 15 is 0 Å². The zero-order valence-corrected chi connectivity index (χ0v) is 24.7. The Hall–Kier alpha value is -4.81. The molecular weight excluding hydrogens is 572 g/mol. The van der Waals surface area contributed by atoms with Crippen LogP contribution in [0, 0.1) is 21.4 Å². The average Bonchev–Trinajstić information content (AvgIpc) is 3.50. The molecular formula is C31H38N4O9. The minimum Gasteiger partial charge on any atom is -0.429 e. The summed E-state index contributed by atoms with van der Waals surface area (Å²) < 4.78 is 10.1. The van der Waals surface area contributed by atoms with Gasteiger partial charge in [0.05, 0.1) is 10.3 Å². The third kappa shape index (κ3) is 9.61. The number of benzene rings is 2. The number of carbonyl (C=O) groups excluding carboxylic acids is 5. The van der Waals surface area contributed by atoms with Gasteiger partial charge in [0, 0.05) is 43.1 Å². The Labute approximate surface area is 255 Å². The lowest BCUT2D eigenvalue weighted by Crippen LogP contribution is -2.39. The Bertz CT molecular complexity index is 1340. The monoisotopic (exact) mass is 610 g/mol. The number of nitrogens with zero attached hydrogens (tertiary/aromatic N) is 1. The summed E-state index contributed by atoms with van der Waals surface area (Å²) in [5, 5.41) is 16.0. The molecule has 1 aliphatic rings. The van der Waals surface area contributed by atoms with Crippen molar-refractivity contribution < 1.29 is 38.4 Å². The van der Waals surface area contributed by atoms with Crippen molar-refractivity contribution in [3.63, 3.8) is 0 Å². The number of anilines is 1. The second-order valence-electron chi connectivity index (χ2n) is 10.8. The number of nitrogens with one attached hydrogen (secondary N) is 2. The molecule has 1 atom stereocenters. The molecule has 2 aromatic rings. The molecule has 4 N–H and O–H groups in total. The number of nitro benzene ring substituents is 1. The Morgan fingerprint density at radius 3 is 2.25 bits per heavy atom. The highest BCUT2D eigenvalue weighted by molar-refractivity contribution is 6.08. The van der Waals surface area contributed by atoms with E-state index < -0.39 is 28.4 Å². The summed E-state index contributed by atoms with van der Waals surface area (Å²) in [4.78, 5) is 73.1. The summed E-state index contributed by atoms with van der Waals surface area (Å²) in [6.45, 7) is 2.02. The molecule has 0 bridgehead atoms. The fraction of sp³-hybridized carbons (Fsp3) is 0.452. The van der Waals surface area contributed by atoms with E-state index in [1.165, 1.54) is 24.3 Å². The predicted octanol–water partition coefficient (Wildman–Crippen LogP) is 5.20. The minimum absolute atomic E-state index is 0.0496. The highest BCUT2D eigenvalue weighted by Gasteiger charge is 2.47. The van der Waals surface area contributed by atoms with E-state index in [-0.39, 0.29) is 48.5 Å². The quantitative estimate of drug-likeness (QED) is 0.0571. The number of hydrogen-bond donors (Lipinski definition) is 3. The number of ketones is 2. The Balaban J connectivity index is 1.59. The fourth-order valence-corrected chi connectivity index (χ4v) is 5.30. The number of amides is 3. The largest absolute Gasteiger partial charge is 0.514 e. The SMILES string of the molecule is CCCC(=O)C1(C(=O)C[C@@H](CCCNC(N)=O)C(=O)Nc2ccc(COC(=O)Oc3ccc([N+](=O)[O-])cc3)cc2)CCCC1. The summed E-state index contributed by atoms with van der Waals surface area (Å²) in [7, 11) is 0. The zero-order chi connectivity index (χ0) is 32.1. The Morgan fingerprint density at radius 1 is 1.00 bits per heavy atom. The summed E-state index contributed by atoms with van der Waals surface area (Å²) in [6, 6.07) is 10.8. The van der Waals surface area contributed by atoms with Gasteiger partial charge in [-0.3, -0.25) is 24.5 Å². The number of rotatable bonds is 16. The second kappa shape index (κ2) is 16.1. The van der Waals surface area contributed by atoms with Crippen LogP contribution in [0.1, 0.15) is 70.3 Å². The third-order valence-corrected chi connectivity index (χ3v) is 7.66. The number of nitrogens with two attached hydrogens (primary N) is 1. The molecule has 2 aromatic carbocycles. The fourth-order valence-electron chi connectivity index (χ4n) is 5.30. The first-order valence-electron chi connectivity index (χ1n) is 14.6. The van der Waals surface area contributed by atoms with Crippen molar-refractivity contribution in [2.75, 3.05) is 11.9 Å². The lowest BCUT2D eigenvalue weighted by Gasteiger charge is -2.28. The molecule has 1 saturated carbocycles. The molecule has 44 heavy (non-hydrogen) atoms. The van der Waals surface area contributed by atoms with Gasteiger partial charge < -0.3 is 25.8 Å². The maximum atomic E-state index is 13.6. The van der Waals surface area contributed by atoms with Crippen LogP contribution in [-0.2, 0) is 25.7 Å². The Morgan fingerprint density at radius 2 is 1.66 bits per heavy atom. The number of non-ortho nitro benzene ring substituents is 1. The van der Waals surface area contributed by atoms with Crippen molar-refractivity contribution in [3.05, 3.63) is 64.2 Å². The van der Waals surface area contributed by atoms with Crippen LogP contribution in [0.25, 0.3) is 0 Å². The predicted molar refractivity (Wildman–Crippen MR) is 160 cm³/mol. The van der Waals surface area contributed by atoms with Crippen LogP contribution in [0.3, 0.4) is 0 Å². The number of nitro groups is 1. The number of primary amides is 1. The molecule has 0 unspecified atom stereocenters. The molecule has 3 amide bonds. The van der Waals surface area contributed by atoms with Gasteiger partial charge in [0.25, 0.3) is 5.69 Å². The van der Waals surface area contributed by atoms with Crippen LogP contribution < -0.4 is 21.1 Å². The molecule has 0 radical (unpaired) electrons. The van der Waals surface area contributed by atoms with E-state index in [9.17, 15) is 34.1 Å². The first kappa shape index (κ1) is 33.7. The molecule has 0 aliphatic heterocycles. The standard InChI is InChI=1S/C31H38N4O9/c1-2-6-26(36)31(16-3-4-17-31)27(37)19-22(7-5-18-33-29(32)39)28(38)34-23-10-8-21(9-11-23)20-43-30(40)44-25-14-12-24(13-15-25)35(41)42/h8-15,22H,2-7,16-20H2,1H3,(H,34,38)(H3,32,33,39)/t22-/m1/s1. The van der Waals surface area contributed by atoms with Crippen molar-refractivity contribution in [1.82, 2.24) is 5.32 Å². The smallest absolute Gasteiger partial charge is 0.429 e. The van der Waals surface area contributed by atoms with Gasteiger partial charge >= 0.3 is 12.2 Å². The second-order valence-corrected chi connectivity index (χ2v) is 10.8. The van der Waals surface area contributed by atoms with E-state index in [1.807, 2.05) is 6.92 Å². The molecule has 0 heterocycles. The summed E-state index contributed by atoms with van der Waals surface area (Å²) in [6.07, 6.45) is 3.23. The molecule has 236 valence electrons. The zero-order valence-electron chi connectivity index (χ0n) is 24.7. The molecule has 0 saturated heterocycles. The van der Waals surface area contributed by atoms with Crippen molar-refractivity contribution in [2.24, 2.45) is 17.1 Å². The molecule has 13 heteroatoms. The summed E-state index contributed by atoms with van der Waals surface area (Å²) in [5.74, 6) is -1.27. The van der Waals surface area contributed by atoms with Crippen molar-refractivity contribution in [2.45, 2.75) is 71.3 Å². The first-order chi connectivity index (χ1) is 21.0. The first-order valence-corrected chi connectivity index (χ1v) is 14.6. The van der Waals surface area contributed by atoms with Gasteiger partial charge in [-0.15, -0.1) is 0 Å². The number of Topliss-reactive ketones (excluding diaryl/α,β-unsaturated/α-hetero) is 2. The lowest BCUT2D eigenvalue weighted by atomic mass is 9.73. The molecule has 1 fully saturated rings. The van der Waals surface area contributed by atoms with E-state index in [1.54, 1.807) is 24.3 Å². The van der Waals surface area contributed by atoms with Gasteiger partial charge in [-0.05, 0) is 61.9 Å². The average molecular weight is 611 g/mol. The van der Waals surface area contributed by atoms with E-state index in [0.717, 1.165) is 12.8 Å². The van der Waals surface area contributed by atoms with Crippen LogP contribution in [0.2, 0.25) is 0 Å². The van der Waals surface area contributed by atoms with Crippen LogP contribution in [0.4, 0.5) is 21.0 Å². The molecule has 0 aromatic heterocycles. The molecule has 0 spiro atoms. The molecule has 3 rings (SSSR count). The van der Waals surface area contributed by atoms with Gasteiger partial charge in [0.1, 0.15) is 23.9 Å². The highest BCUT2D eigenvalue weighted by Crippen LogP contribution is 2.42. The maximum Gasteiger partial charge on any atom is 0.514 e. The van der Waals surface area contributed by atoms with Gasteiger partial charge in [0.15, 0.2) is 0 Å². The van der Waals surface area contributed by atoms with Gasteiger partial charge in [0.2, 0.25) is 5.91 Å². The highest BCUT2D eigenvalue weighted by atomic mass is 16.7. The van der Waals surface area contributed by atoms with Crippen LogP contribution in [0.15, 0.2) is 48.5 Å². The molecule has 1 aliphatic carbocycles. The van der Waals surface area contributed by atoms with E-state index in [0.29, 0.717) is 49.8 Å². The van der Waals surface area contributed by atoms with E-state index in [4.69, 9.17) is 15.2 Å². The Kier molecular flexibility index (Phi) is 12.4. The van der Waals surface area contributed by atoms with Crippen LogP contribution in [-0.4, -0.2) is 41.1 Å². The van der Waals surface area contributed by atoms with Crippen LogP contribution in [0.5, 0.6) is 5.75 Å². The van der Waals surface area contributed by atoms with Crippen molar-refractivity contribution in [3.8, 4) is 5.75 Å². The molecule has 13 nitrogen and oxygen atoms in total. The number of hydrogen-bond acceptors (Lipinski definition) is 9. The summed E-state index contributed by atoms with van der Waals surface area (Å²) in [5.41, 5.74) is 5.03.